The zero-order chi connectivity index (χ0) is 21.1. The van der Waals surface area contributed by atoms with Crippen LogP contribution in [0.15, 0.2) is 36.4 Å². The third-order valence-electron chi connectivity index (χ3n) is 3.70. The van der Waals surface area contributed by atoms with Crippen LogP contribution in [0, 0.1) is 11.6 Å². The molecule has 0 aliphatic rings. The van der Waals surface area contributed by atoms with Gasteiger partial charge in [-0.15, -0.1) is 0 Å². The number of hydrogen-bond acceptors (Lipinski definition) is 2. The number of esters is 1. The number of carbonyl (C=O) groups excluding carboxylic acids is 1. The first-order valence-corrected chi connectivity index (χ1v) is 8.66. The lowest BCUT2D eigenvalue weighted by Crippen LogP contribution is -2.20. The Morgan fingerprint density at radius 1 is 1.18 bits per heavy atom. The molecule has 0 N–H and O–H groups in total. The van der Waals surface area contributed by atoms with Crippen LogP contribution in [0.4, 0.5) is 22.0 Å². The molecule has 0 saturated carbocycles. The van der Waals surface area contributed by atoms with E-state index < -0.39 is 45.8 Å². The maximum atomic E-state index is 14.5. The largest absolute Gasteiger partial charge is 0.462 e. The summed E-state index contributed by atoms with van der Waals surface area (Å²) >= 11 is 11.3. The number of allylic oxidation sites excluding steroid dienone is 1. The van der Waals surface area contributed by atoms with E-state index in [1.807, 2.05) is 0 Å². The standard InChI is InChI=1S/C19H13Cl2F5O2/c1-2-28-18(27)12-5-3-4-10(16(12)22)6-7-14(19(24,25)26)13-8-11(20)9-15(21)17(13)23/h3-9,14H,2H2,1H3/b7-6+. The van der Waals surface area contributed by atoms with E-state index in [2.05, 4.69) is 0 Å². The Hall–Kier alpha value is -2.12. The summed E-state index contributed by atoms with van der Waals surface area (Å²) in [5, 5.41) is -0.750. The zero-order valence-corrected chi connectivity index (χ0v) is 15.8. The molecule has 2 rings (SSSR count). The number of rotatable bonds is 5. The normalized spacial score (nSPS) is 13.0. The zero-order valence-electron chi connectivity index (χ0n) is 14.3. The van der Waals surface area contributed by atoms with E-state index in [1.54, 1.807) is 0 Å². The van der Waals surface area contributed by atoms with Gasteiger partial charge in [-0.05, 0) is 25.1 Å². The third kappa shape index (κ3) is 5.02. The smallest absolute Gasteiger partial charge is 0.399 e. The molecule has 0 radical (unpaired) electrons. The fourth-order valence-corrected chi connectivity index (χ4v) is 2.95. The van der Waals surface area contributed by atoms with Crippen LogP contribution in [0.1, 0.15) is 34.3 Å². The second-order valence-corrected chi connectivity index (χ2v) is 6.44. The van der Waals surface area contributed by atoms with Gasteiger partial charge in [0.1, 0.15) is 17.6 Å². The minimum Gasteiger partial charge on any atom is -0.462 e. The van der Waals surface area contributed by atoms with Crippen LogP contribution >= 0.6 is 23.2 Å². The highest BCUT2D eigenvalue weighted by atomic mass is 35.5. The Bertz CT molecular complexity index is 910. The molecule has 0 fully saturated rings. The first-order chi connectivity index (χ1) is 13.1. The fraction of sp³-hybridized carbons (Fsp3) is 0.211. The highest BCUT2D eigenvalue weighted by Crippen LogP contribution is 2.40. The summed E-state index contributed by atoms with van der Waals surface area (Å²) in [7, 11) is 0. The molecule has 0 spiro atoms. The molecule has 0 aliphatic heterocycles. The molecule has 2 aromatic rings. The average molecular weight is 439 g/mol. The SMILES string of the molecule is CCOC(=O)c1cccc(/C=C/C(c2cc(Cl)cc(Cl)c2F)C(F)(F)F)c1F. The monoisotopic (exact) mass is 438 g/mol. The highest BCUT2D eigenvalue weighted by molar-refractivity contribution is 6.34. The summed E-state index contributed by atoms with van der Waals surface area (Å²) in [6.07, 6.45) is -3.52. The lowest BCUT2D eigenvalue weighted by atomic mass is 9.96. The molecule has 2 nitrogen and oxygen atoms in total. The van der Waals surface area contributed by atoms with E-state index in [0.29, 0.717) is 6.08 Å². The molecule has 0 aliphatic carbocycles. The van der Waals surface area contributed by atoms with Crippen molar-refractivity contribution in [3.8, 4) is 0 Å². The Morgan fingerprint density at radius 3 is 2.46 bits per heavy atom. The molecule has 2 aromatic carbocycles. The minimum absolute atomic E-state index is 0.00326. The summed E-state index contributed by atoms with van der Waals surface area (Å²) in [6, 6.07) is 5.37. The quantitative estimate of drug-likeness (QED) is 0.291. The molecule has 0 amide bonds. The number of ether oxygens (including phenoxy) is 1. The van der Waals surface area contributed by atoms with Gasteiger partial charge in [0, 0.05) is 16.1 Å². The Morgan fingerprint density at radius 2 is 1.86 bits per heavy atom. The van der Waals surface area contributed by atoms with Gasteiger partial charge in [-0.2, -0.15) is 13.2 Å². The Kier molecular flexibility index (Phi) is 7.06. The lowest BCUT2D eigenvalue weighted by Gasteiger charge is -2.19. The van der Waals surface area contributed by atoms with Crippen molar-refractivity contribution in [1.82, 2.24) is 0 Å². The first-order valence-electron chi connectivity index (χ1n) is 7.91. The second kappa shape index (κ2) is 8.92. The average Bonchev–Trinajstić information content (AvgIpc) is 2.59. The summed E-state index contributed by atoms with van der Waals surface area (Å²) in [5.41, 5.74) is -1.53. The number of carbonyl (C=O) groups is 1. The van der Waals surface area contributed by atoms with Crippen molar-refractivity contribution in [2.75, 3.05) is 6.61 Å². The second-order valence-electron chi connectivity index (χ2n) is 5.60. The van der Waals surface area contributed by atoms with Gasteiger partial charge in [-0.25, -0.2) is 13.6 Å². The summed E-state index contributed by atoms with van der Waals surface area (Å²) in [6.45, 7) is 1.53. The Balaban J connectivity index is 2.49. The minimum atomic E-state index is -4.90. The van der Waals surface area contributed by atoms with Crippen LogP contribution in [0.5, 0.6) is 0 Å². The van der Waals surface area contributed by atoms with E-state index >= 15 is 0 Å². The number of benzene rings is 2. The summed E-state index contributed by atoms with van der Waals surface area (Å²) in [4.78, 5) is 11.7. The van der Waals surface area contributed by atoms with Crippen molar-refractivity contribution >= 4 is 35.2 Å². The third-order valence-corrected chi connectivity index (χ3v) is 4.19. The van der Waals surface area contributed by atoms with E-state index in [0.717, 1.165) is 24.3 Å². The predicted octanol–water partition coefficient (Wildman–Crippen LogP) is 6.81. The van der Waals surface area contributed by atoms with Crippen molar-refractivity contribution in [3.63, 3.8) is 0 Å². The van der Waals surface area contributed by atoms with Crippen molar-refractivity contribution < 1.29 is 31.5 Å². The van der Waals surface area contributed by atoms with Crippen molar-refractivity contribution in [2.24, 2.45) is 0 Å². The molecular weight excluding hydrogens is 426 g/mol. The maximum absolute atomic E-state index is 14.5. The molecule has 1 atom stereocenters. The van der Waals surface area contributed by atoms with Crippen molar-refractivity contribution in [2.45, 2.75) is 19.0 Å². The molecule has 0 saturated heterocycles. The van der Waals surface area contributed by atoms with Crippen LogP contribution in [0.25, 0.3) is 6.08 Å². The molecule has 150 valence electrons. The van der Waals surface area contributed by atoms with E-state index in [-0.39, 0.29) is 17.2 Å². The van der Waals surface area contributed by atoms with Gasteiger partial charge in [0.15, 0.2) is 0 Å². The maximum Gasteiger partial charge on any atom is 0.399 e. The van der Waals surface area contributed by atoms with Gasteiger partial charge in [0.05, 0.1) is 17.2 Å². The molecule has 1 unspecified atom stereocenters. The van der Waals surface area contributed by atoms with E-state index in [1.165, 1.54) is 19.1 Å². The van der Waals surface area contributed by atoms with E-state index in [9.17, 15) is 26.7 Å². The van der Waals surface area contributed by atoms with Crippen LogP contribution in [-0.4, -0.2) is 18.8 Å². The molecule has 0 heterocycles. The van der Waals surface area contributed by atoms with Gasteiger partial charge in [-0.1, -0.05) is 47.5 Å². The van der Waals surface area contributed by atoms with Crippen LogP contribution in [0.3, 0.4) is 0 Å². The molecule has 0 aromatic heterocycles. The molecule has 28 heavy (non-hydrogen) atoms. The Labute approximate surface area is 167 Å². The van der Waals surface area contributed by atoms with Gasteiger partial charge in [-0.3, -0.25) is 0 Å². The van der Waals surface area contributed by atoms with Crippen molar-refractivity contribution in [3.05, 3.63) is 74.8 Å². The number of halogens is 7. The number of hydrogen-bond donors (Lipinski definition) is 0. The number of alkyl halides is 3. The van der Waals surface area contributed by atoms with Crippen LogP contribution < -0.4 is 0 Å². The van der Waals surface area contributed by atoms with Crippen LogP contribution in [0.2, 0.25) is 10.0 Å². The first kappa shape index (κ1) is 22.2. The molecule has 0 bridgehead atoms. The lowest BCUT2D eigenvalue weighted by molar-refractivity contribution is -0.139. The van der Waals surface area contributed by atoms with Gasteiger partial charge in [0.25, 0.3) is 0 Å². The fourth-order valence-electron chi connectivity index (χ4n) is 2.44. The van der Waals surface area contributed by atoms with Gasteiger partial charge >= 0.3 is 12.1 Å². The summed E-state index contributed by atoms with van der Waals surface area (Å²) < 4.78 is 73.8. The van der Waals surface area contributed by atoms with Crippen molar-refractivity contribution in [1.29, 1.82) is 0 Å². The molecular formula is C19H13Cl2F5O2. The van der Waals surface area contributed by atoms with Gasteiger partial charge < -0.3 is 4.74 Å². The van der Waals surface area contributed by atoms with Gasteiger partial charge in [0.2, 0.25) is 0 Å². The topological polar surface area (TPSA) is 26.3 Å². The van der Waals surface area contributed by atoms with Crippen LogP contribution in [-0.2, 0) is 4.74 Å². The predicted molar refractivity (Wildman–Crippen MR) is 96.6 cm³/mol. The molecule has 9 heteroatoms. The highest BCUT2D eigenvalue weighted by Gasteiger charge is 2.41. The van der Waals surface area contributed by atoms with E-state index in [4.69, 9.17) is 27.9 Å². The summed E-state index contributed by atoms with van der Waals surface area (Å²) in [5.74, 6) is -5.72.